The molecule has 3 atom stereocenters. The van der Waals surface area contributed by atoms with Crippen molar-refractivity contribution in [2.24, 2.45) is 5.92 Å². The fourth-order valence-electron chi connectivity index (χ4n) is 2.96. The van der Waals surface area contributed by atoms with Crippen molar-refractivity contribution in [2.75, 3.05) is 13.1 Å². The van der Waals surface area contributed by atoms with Gasteiger partial charge in [-0.25, -0.2) is 0 Å². The molecule has 130 valence electrons. The van der Waals surface area contributed by atoms with E-state index >= 15 is 0 Å². The fraction of sp³-hybridized carbons (Fsp3) is 0.556. The number of carbonyl (C=O) groups is 2. The van der Waals surface area contributed by atoms with Gasteiger partial charge in [0.05, 0.1) is 6.54 Å². The Balaban J connectivity index is 1.60. The van der Waals surface area contributed by atoms with Crippen molar-refractivity contribution in [2.45, 2.75) is 45.3 Å². The fourth-order valence-corrected chi connectivity index (χ4v) is 2.96. The molecule has 1 N–H and O–H groups in total. The van der Waals surface area contributed by atoms with Crippen molar-refractivity contribution < 1.29 is 19.1 Å². The molecule has 0 saturated carbocycles. The van der Waals surface area contributed by atoms with Crippen LogP contribution in [-0.4, -0.2) is 48.3 Å². The third kappa shape index (κ3) is 3.76. The van der Waals surface area contributed by atoms with Crippen molar-refractivity contribution in [1.82, 2.24) is 10.2 Å². The Bertz CT molecular complexity index is 590. The summed E-state index contributed by atoms with van der Waals surface area (Å²) in [6.45, 7) is 5.62. The molecule has 0 radical (unpaired) electrons. The minimum Gasteiger partial charge on any atom is -0.354 e. The molecule has 6 heteroatoms. The molecule has 1 aromatic carbocycles. The topological polar surface area (TPSA) is 67.9 Å². The summed E-state index contributed by atoms with van der Waals surface area (Å²) in [6, 6.07) is 9.77. The molecule has 2 saturated heterocycles. The van der Waals surface area contributed by atoms with Crippen LogP contribution in [0.25, 0.3) is 0 Å². The Hall–Kier alpha value is -1.92. The van der Waals surface area contributed by atoms with Gasteiger partial charge in [-0.15, -0.1) is 0 Å². The molecule has 2 amide bonds. The largest absolute Gasteiger partial charge is 0.354 e. The first-order valence-electron chi connectivity index (χ1n) is 8.46. The van der Waals surface area contributed by atoms with Gasteiger partial charge in [0.2, 0.25) is 0 Å². The number of hydrogen-bond acceptors (Lipinski definition) is 4. The SMILES string of the molecule is CC(C)CCNC(=O)[C@@H]1O[C@H]2CN(Cc3ccccc3)C(=O)[C@@H]1O2. The molecule has 2 fully saturated rings. The minimum absolute atomic E-state index is 0.184. The van der Waals surface area contributed by atoms with E-state index in [1.807, 2.05) is 30.3 Å². The lowest BCUT2D eigenvalue weighted by molar-refractivity contribution is -0.162. The third-order valence-corrected chi connectivity index (χ3v) is 4.29. The van der Waals surface area contributed by atoms with Crippen LogP contribution in [0, 0.1) is 5.92 Å². The van der Waals surface area contributed by atoms with E-state index in [1.54, 1.807) is 4.90 Å². The van der Waals surface area contributed by atoms with Gasteiger partial charge >= 0.3 is 0 Å². The maximum Gasteiger partial charge on any atom is 0.255 e. The average molecular weight is 332 g/mol. The van der Waals surface area contributed by atoms with Gasteiger partial charge in [-0.05, 0) is 17.9 Å². The number of hydrogen-bond donors (Lipinski definition) is 1. The lowest BCUT2D eigenvalue weighted by Crippen LogP contribution is -2.51. The molecule has 2 aliphatic heterocycles. The number of amides is 2. The molecular weight excluding hydrogens is 308 g/mol. The summed E-state index contributed by atoms with van der Waals surface area (Å²) >= 11 is 0. The molecule has 2 heterocycles. The zero-order chi connectivity index (χ0) is 17.1. The van der Waals surface area contributed by atoms with Gasteiger partial charge in [-0.3, -0.25) is 9.59 Å². The minimum atomic E-state index is -0.851. The highest BCUT2D eigenvalue weighted by molar-refractivity contribution is 5.92. The number of carbonyl (C=O) groups excluding carboxylic acids is 2. The van der Waals surface area contributed by atoms with Crippen LogP contribution in [0.15, 0.2) is 30.3 Å². The van der Waals surface area contributed by atoms with E-state index in [0.717, 1.165) is 12.0 Å². The second-order valence-corrected chi connectivity index (χ2v) is 6.72. The summed E-state index contributed by atoms with van der Waals surface area (Å²) in [4.78, 5) is 26.6. The number of rotatable bonds is 6. The summed E-state index contributed by atoms with van der Waals surface area (Å²) in [7, 11) is 0. The maximum absolute atomic E-state index is 12.6. The van der Waals surface area contributed by atoms with Gasteiger partial charge in [0.1, 0.15) is 0 Å². The van der Waals surface area contributed by atoms with Gasteiger partial charge in [0, 0.05) is 13.1 Å². The number of nitrogens with one attached hydrogen (secondary N) is 1. The van der Waals surface area contributed by atoms with Crippen molar-refractivity contribution in [1.29, 1.82) is 0 Å². The molecule has 0 spiro atoms. The number of fused-ring (bicyclic) bond motifs is 2. The molecule has 0 unspecified atom stereocenters. The van der Waals surface area contributed by atoms with Gasteiger partial charge < -0.3 is 19.7 Å². The highest BCUT2D eigenvalue weighted by atomic mass is 16.7. The van der Waals surface area contributed by atoms with Crippen molar-refractivity contribution >= 4 is 11.8 Å². The number of ether oxygens (including phenoxy) is 2. The van der Waals surface area contributed by atoms with Crippen LogP contribution in [0.3, 0.4) is 0 Å². The van der Waals surface area contributed by atoms with E-state index < -0.39 is 18.5 Å². The predicted octanol–water partition coefficient (Wildman–Crippen LogP) is 1.30. The molecule has 2 bridgehead atoms. The molecule has 24 heavy (non-hydrogen) atoms. The summed E-state index contributed by atoms with van der Waals surface area (Å²) in [6.07, 6.45) is -1.33. The quantitative estimate of drug-likeness (QED) is 0.853. The number of nitrogens with zero attached hydrogens (tertiary/aromatic N) is 1. The van der Waals surface area contributed by atoms with Crippen LogP contribution >= 0.6 is 0 Å². The first kappa shape index (κ1) is 16.9. The first-order valence-corrected chi connectivity index (χ1v) is 8.46. The summed E-state index contributed by atoms with van der Waals surface area (Å²) in [5.41, 5.74) is 1.05. The van der Waals surface area contributed by atoms with Gasteiger partial charge in [0.15, 0.2) is 18.5 Å². The van der Waals surface area contributed by atoms with E-state index in [0.29, 0.717) is 25.6 Å². The van der Waals surface area contributed by atoms with Crippen LogP contribution in [0.2, 0.25) is 0 Å². The smallest absolute Gasteiger partial charge is 0.255 e. The lowest BCUT2D eigenvalue weighted by atomic mass is 10.1. The van der Waals surface area contributed by atoms with E-state index in [4.69, 9.17) is 9.47 Å². The van der Waals surface area contributed by atoms with Crippen molar-refractivity contribution in [3.8, 4) is 0 Å². The molecule has 3 rings (SSSR count). The molecule has 0 aromatic heterocycles. The van der Waals surface area contributed by atoms with Crippen LogP contribution in [-0.2, 0) is 25.6 Å². The molecule has 1 aromatic rings. The third-order valence-electron chi connectivity index (χ3n) is 4.29. The lowest BCUT2D eigenvalue weighted by Gasteiger charge is -2.30. The number of morpholine rings is 1. The van der Waals surface area contributed by atoms with Crippen molar-refractivity contribution in [3.63, 3.8) is 0 Å². The average Bonchev–Trinajstić information content (AvgIpc) is 2.92. The van der Waals surface area contributed by atoms with Crippen LogP contribution in [0.5, 0.6) is 0 Å². The Morgan fingerprint density at radius 2 is 2.04 bits per heavy atom. The van der Waals surface area contributed by atoms with Crippen LogP contribution < -0.4 is 5.32 Å². The Morgan fingerprint density at radius 3 is 2.75 bits per heavy atom. The first-order chi connectivity index (χ1) is 11.5. The molecule has 0 aliphatic carbocycles. The Morgan fingerprint density at radius 1 is 1.29 bits per heavy atom. The summed E-state index contributed by atoms with van der Waals surface area (Å²) in [5.74, 6) is 0.0583. The molecule has 2 aliphatic rings. The Kier molecular flexibility index (Phi) is 5.16. The normalized spacial score (nSPS) is 26.0. The van der Waals surface area contributed by atoms with Crippen LogP contribution in [0.4, 0.5) is 0 Å². The maximum atomic E-state index is 12.6. The second-order valence-electron chi connectivity index (χ2n) is 6.72. The monoisotopic (exact) mass is 332 g/mol. The van der Waals surface area contributed by atoms with Gasteiger partial charge in [0.25, 0.3) is 11.8 Å². The van der Waals surface area contributed by atoms with Crippen molar-refractivity contribution in [3.05, 3.63) is 35.9 Å². The standard InChI is InChI=1S/C18H24N2O4/c1-12(2)8-9-19-17(21)15-16-18(22)20(11-14(23-15)24-16)10-13-6-4-3-5-7-13/h3-7,12,14-16H,8-11H2,1-2H3,(H,19,21)/t14-,15-,16-/m1/s1. The molecular formula is C18H24N2O4. The zero-order valence-electron chi connectivity index (χ0n) is 14.1. The highest BCUT2D eigenvalue weighted by Gasteiger charge is 2.50. The van der Waals surface area contributed by atoms with Gasteiger partial charge in [-0.1, -0.05) is 44.2 Å². The second kappa shape index (κ2) is 7.32. The summed E-state index contributed by atoms with van der Waals surface area (Å²) < 4.78 is 11.2. The number of benzene rings is 1. The molecule has 6 nitrogen and oxygen atoms in total. The van der Waals surface area contributed by atoms with E-state index in [1.165, 1.54) is 0 Å². The van der Waals surface area contributed by atoms with Gasteiger partial charge in [-0.2, -0.15) is 0 Å². The van der Waals surface area contributed by atoms with E-state index in [2.05, 4.69) is 19.2 Å². The summed E-state index contributed by atoms with van der Waals surface area (Å²) in [5, 5.41) is 2.84. The van der Waals surface area contributed by atoms with Crippen LogP contribution in [0.1, 0.15) is 25.8 Å². The highest BCUT2D eigenvalue weighted by Crippen LogP contribution is 2.28. The predicted molar refractivity (Wildman–Crippen MR) is 87.9 cm³/mol. The van der Waals surface area contributed by atoms with E-state index in [-0.39, 0.29) is 11.8 Å². The van der Waals surface area contributed by atoms with E-state index in [9.17, 15) is 9.59 Å². The zero-order valence-corrected chi connectivity index (χ0v) is 14.1. The Labute approximate surface area is 142 Å².